The number of allylic oxidation sites excluding steroid dienone is 1. The summed E-state index contributed by atoms with van der Waals surface area (Å²) in [5.74, 6) is 0.793. The summed E-state index contributed by atoms with van der Waals surface area (Å²) in [5, 5.41) is 8.44. The quantitative estimate of drug-likeness (QED) is 0.732. The van der Waals surface area contributed by atoms with Crippen molar-refractivity contribution in [2.75, 3.05) is 7.11 Å². The number of benzene rings is 2. The number of nitrogens with zero attached hydrogens (tertiary/aromatic N) is 1. The monoisotopic (exact) mass is 292 g/mol. The number of hydrogen-bond acceptors (Lipinski definition) is 3. The summed E-state index contributed by atoms with van der Waals surface area (Å²) in [7, 11) is 1.64. The summed E-state index contributed by atoms with van der Waals surface area (Å²) in [4.78, 5) is 11.5. The highest BCUT2D eigenvalue weighted by Crippen LogP contribution is 2.29. The van der Waals surface area contributed by atoms with Crippen LogP contribution in [0.1, 0.15) is 5.56 Å². The SMILES string of the molecule is C=CC(=O)Cc1cccc(-c2n[nH]c3cc(OC)ccc23)c1. The van der Waals surface area contributed by atoms with Gasteiger partial charge in [0.25, 0.3) is 0 Å². The number of nitrogens with one attached hydrogen (secondary N) is 1. The Bertz CT molecular complexity index is 849. The molecule has 0 aliphatic heterocycles. The molecule has 2 aromatic carbocycles. The second-order valence-electron chi connectivity index (χ2n) is 5.03. The van der Waals surface area contributed by atoms with Gasteiger partial charge in [0.1, 0.15) is 5.75 Å². The first-order valence-electron chi connectivity index (χ1n) is 6.98. The van der Waals surface area contributed by atoms with Crippen LogP contribution in [0.3, 0.4) is 0 Å². The van der Waals surface area contributed by atoms with Crippen molar-refractivity contribution < 1.29 is 9.53 Å². The lowest BCUT2D eigenvalue weighted by Crippen LogP contribution is -1.97. The number of ether oxygens (including phenoxy) is 1. The average Bonchev–Trinajstić information content (AvgIpc) is 2.97. The van der Waals surface area contributed by atoms with Gasteiger partial charge in [-0.1, -0.05) is 24.8 Å². The highest BCUT2D eigenvalue weighted by molar-refractivity contribution is 5.94. The van der Waals surface area contributed by atoms with Crippen LogP contribution in [0.15, 0.2) is 55.1 Å². The third-order valence-corrected chi connectivity index (χ3v) is 3.58. The number of carbonyl (C=O) groups excluding carboxylic acids is 1. The molecule has 4 nitrogen and oxygen atoms in total. The zero-order valence-electron chi connectivity index (χ0n) is 12.3. The van der Waals surface area contributed by atoms with Crippen molar-refractivity contribution in [3.63, 3.8) is 0 Å². The summed E-state index contributed by atoms with van der Waals surface area (Å²) in [6, 6.07) is 13.6. The van der Waals surface area contributed by atoms with Gasteiger partial charge in [-0.3, -0.25) is 9.89 Å². The van der Waals surface area contributed by atoms with Crippen LogP contribution in [0.4, 0.5) is 0 Å². The van der Waals surface area contributed by atoms with Crippen LogP contribution in [0.5, 0.6) is 5.75 Å². The fourth-order valence-electron chi connectivity index (χ4n) is 2.45. The molecule has 0 aliphatic rings. The lowest BCUT2D eigenvalue weighted by molar-refractivity contribution is -0.114. The molecule has 22 heavy (non-hydrogen) atoms. The van der Waals surface area contributed by atoms with Crippen LogP contribution in [0.2, 0.25) is 0 Å². The Morgan fingerprint density at radius 3 is 2.95 bits per heavy atom. The van der Waals surface area contributed by atoms with Crippen molar-refractivity contribution >= 4 is 16.7 Å². The minimum absolute atomic E-state index is 0.00812. The van der Waals surface area contributed by atoms with E-state index in [1.165, 1.54) is 6.08 Å². The second kappa shape index (κ2) is 5.85. The molecule has 1 aromatic heterocycles. The fourth-order valence-corrected chi connectivity index (χ4v) is 2.45. The van der Waals surface area contributed by atoms with Crippen molar-refractivity contribution in [1.82, 2.24) is 10.2 Å². The molecule has 3 rings (SSSR count). The number of hydrogen-bond donors (Lipinski definition) is 1. The van der Waals surface area contributed by atoms with E-state index in [1.54, 1.807) is 7.11 Å². The topological polar surface area (TPSA) is 55.0 Å². The van der Waals surface area contributed by atoms with Gasteiger partial charge in [-0.15, -0.1) is 0 Å². The predicted molar refractivity (Wildman–Crippen MR) is 87.0 cm³/mol. The van der Waals surface area contributed by atoms with Gasteiger partial charge in [0.2, 0.25) is 0 Å². The smallest absolute Gasteiger partial charge is 0.159 e. The Hall–Kier alpha value is -2.88. The van der Waals surface area contributed by atoms with Crippen molar-refractivity contribution in [1.29, 1.82) is 0 Å². The number of ketones is 1. The molecule has 110 valence electrons. The third kappa shape index (κ3) is 2.63. The van der Waals surface area contributed by atoms with Crippen molar-refractivity contribution in [3.8, 4) is 17.0 Å². The molecule has 0 unspecified atom stereocenters. The standard InChI is InChI=1S/C18H16N2O2/c1-3-14(21)10-12-5-4-6-13(9-12)18-16-8-7-15(22-2)11-17(16)19-20-18/h3-9,11H,1,10H2,2H3,(H,19,20). The first kappa shape index (κ1) is 14.1. The van der Waals surface area contributed by atoms with Gasteiger partial charge in [-0.2, -0.15) is 5.10 Å². The van der Waals surface area contributed by atoms with E-state index >= 15 is 0 Å². The normalized spacial score (nSPS) is 10.6. The fraction of sp³-hybridized carbons (Fsp3) is 0.111. The molecule has 0 spiro atoms. The maximum absolute atomic E-state index is 11.5. The number of H-pyrrole nitrogens is 1. The van der Waals surface area contributed by atoms with E-state index < -0.39 is 0 Å². The lowest BCUT2D eigenvalue weighted by atomic mass is 10.0. The minimum Gasteiger partial charge on any atom is -0.497 e. The number of aromatic amines is 1. The molecule has 0 atom stereocenters. The molecule has 1 heterocycles. The first-order valence-corrected chi connectivity index (χ1v) is 6.98. The van der Waals surface area contributed by atoms with Crippen LogP contribution in [-0.4, -0.2) is 23.1 Å². The Morgan fingerprint density at radius 2 is 2.18 bits per heavy atom. The van der Waals surface area contributed by atoms with E-state index in [4.69, 9.17) is 4.74 Å². The van der Waals surface area contributed by atoms with E-state index in [1.807, 2.05) is 42.5 Å². The molecule has 0 radical (unpaired) electrons. The van der Waals surface area contributed by atoms with E-state index in [0.717, 1.165) is 33.5 Å². The number of rotatable bonds is 5. The van der Waals surface area contributed by atoms with Crippen molar-refractivity contribution in [2.24, 2.45) is 0 Å². The van der Waals surface area contributed by atoms with Crippen LogP contribution in [0.25, 0.3) is 22.2 Å². The molecule has 0 aliphatic carbocycles. The third-order valence-electron chi connectivity index (χ3n) is 3.58. The second-order valence-corrected chi connectivity index (χ2v) is 5.03. The summed E-state index contributed by atoms with van der Waals surface area (Å²) >= 11 is 0. The van der Waals surface area contributed by atoms with E-state index in [-0.39, 0.29) is 5.78 Å². The summed E-state index contributed by atoms with van der Waals surface area (Å²) in [5.41, 5.74) is 3.71. The van der Waals surface area contributed by atoms with Gasteiger partial charge in [-0.05, 0) is 29.8 Å². The highest BCUT2D eigenvalue weighted by atomic mass is 16.5. The average molecular weight is 292 g/mol. The zero-order chi connectivity index (χ0) is 15.5. The van der Waals surface area contributed by atoms with E-state index in [9.17, 15) is 4.79 Å². The van der Waals surface area contributed by atoms with Crippen LogP contribution >= 0.6 is 0 Å². The molecule has 0 saturated carbocycles. The maximum Gasteiger partial charge on any atom is 0.159 e. The number of fused-ring (bicyclic) bond motifs is 1. The molecule has 1 N–H and O–H groups in total. The molecule has 0 bridgehead atoms. The van der Waals surface area contributed by atoms with Gasteiger partial charge < -0.3 is 4.74 Å². The summed E-state index contributed by atoms with van der Waals surface area (Å²) < 4.78 is 5.22. The van der Waals surface area contributed by atoms with Crippen LogP contribution in [0, 0.1) is 0 Å². The molecule has 4 heteroatoms. The van der Waals surface area contributed by atoms with Crippen LogP contribution < -0.4 is 4.74 Å². The molecular weight excluding hydrogens is 276 g/mol. The number of methoxy groups -OCH3 is 1. The molecular formula is C18H16N2O2. The molecule has 0 saturated heterocycles. The van der Waals surface area contributed by atoms with Crippen molar-refractivity contribution in [3.05, 3.63) is 60.7 Å². The predicted octanol–water partition coefficient (Wildman–Crippen LogP) is 3.54. The Labute approximate surface area is 128 Å². The van der Waals surface area contributed by atoms with Crippen molar-refractivity contribution in [2.45, 2.75) is 6.42 Å². The zero-order valence-corrected chi connectivity index (χ0v) is 12.3. The Kier molecular flexibility index (Phi) is 3.74. The maximum atomic E-state index is 11.5. The highest BCUT2D eigenvalue weighted by Gasteiger charge is 2.10. The van der Waals surface area contributed by atoms with Gasteiger partial charge in [0.05, 0.1) is 18.3 Å². The van der Waals surface area contributed by atoms with Gasteiger partial charge in [0.15, 0.2) is 5.78 Å². The Morgan fingerprint density at radius 1 is 1.32 bits per heavy atom. The van der Waals surface area contributed by atoms with E-state index in [2.05, 4.69) is 16.8 Å². The molecule has 3 aromatic rings. The number of carbonyl (C=O) groups is 1. The molecule has 0 fully saturated rings. The lowest BCUT2D eigenvalue weighted by Gasteiger charge is -2.03. The molecule has 0 amide bonds. The first-order chi connectivity index (χ1) is 10.7. The largest absolute Gasteiger partial charge is 0.497 e. The summed E-state index contributed by atoms with van der Waals surface area (Å²) in [6.07, 6.45) is 1.70. The van der Waals surface area contributed by atoms with Crippen LogP contribution in [-0.2, 0) is 11.2 Å². The van der Waals surface area contributed by atoms with Gasteiger partial charge >= 0.3 is 0 Å². The number of aromatic nitrogens is 2. The minimum atomic E-state index is 0.00812. The van der Waals surface area contributed by atoms with Gasteiger partial charge in [0, 0.05) is 23.4 Å². The summed E-state index contributed by atoms with van der Waals surface area (Å²) in [6.45, 7) is 3.51. The van der Waals surface area contributed by atoms with E-state index in [0.29, 0.717) is 6.42 Å². The Balaban J connectivity index is 2.02. The van der Waals surface area contributed by atoms with Gasteiger partial charge in [-0.25, -0.2) is 0 Å².